The van der Waals surface area contributed by atoms with Crippen LogP contribution in [0.2, 0.25) is 0 Å². The van der Waals surface area contributed by atoms with Gasteiger partial charge in [0.2, 0.25) is 0 Å². The molecule has 0 aromatic heterocycles. The third kappa shape index (κ3) is 4.11. The molecule has 1 atom stereocenters. The van der Waals surface area contributed by atoms with Crippen molar-refractivity contribution in [3.63, 3.8) is 0 Å². The van der Waals surface area contributed by atoms with Crippen LogP contribution in [0.1, 0.15) is 26.2 Å². The van der Waals surface area contributed by atoms with E-state index in [4.69, 9.17) is 0 Å². The Labute approximate surface area is 98.7 Å². The first-order chi connectivity index (χ1) is 8.04. The lowest BCUT2D eigenvalue weighted by atomic mass is 10.1. The molecule has 9 heteroatoms. The highest BCUT2D eigenvalue weighted by Gasteiger charge is 2.65. The molecule has 0 aliphatic carbocycles. The highest BCUT2D eigenvalue weighted by atomic mass is 19.4. The Kier molecular flexibility index (Phi) is 5.50. The molecule has 106 valence electrons. The van der Waals surface area contributed by atoms with E-state index in [1.165, 1.54) is 0 Å². The summed E-state index contributed by atoms with van der Waals surface area (Å²) in [7, 11) is 0. The first-order valence-corrected chi connectivity index (χ1v) is 4.90. The number of halogens is 5. The number of rotatable bonds is 6. The SMILES string of the molecule is CCCCC(OC(=O)C(F)(F)C(F)(F)F)C(=O)[O-]. The summed E-state index contributed by atoms with van der Waals surface area (Å²) in [5.41, 5.74) is 0. The standard InChI is InChI=1S/C9H11F5O4/c1-2-3-4-5(6(15)16)18-7(17)8(10,11)9(12,13)14/h5H,2-4H2,1H3,(H,15,16)/p-1. The zero-order chi connectivity index (χ0) is 14.6. The lowest BCUT2D eigenvalue weighted by Gasteiger charge is -2.23. The minimum absolute atomic E-state index is 0.170. The van der Waals surface area contributed by atoms with Crippen LogP contribution < -0.4 is 5.11 Å². The van der Waals surface area contributed by atoms with E-state index in [9.17, 15) is 36.6 Å². The summed E-state index contributed by atoms with van der Waals surface area (Å²) in [6.45, 7) is 1.62. The van der Waals surface area contributed by atoms with E-state index in [0.717, 1.165) is 0 Å². The van der Waals surface area contributed by atoms with Gasteiger partial charge in [-0.15, -0.1) is 0 Å². The smallest absolute Gasteiger partial charge is 0.465 e. The molecule has 0 radical (unpaired) electrons. The molecule has 4 nitrogen and oxygen atoms in total. The summed E-state index contributed by atoms with van der Waals surface area (Å²) in [6, 6.07) is 0. The molecular weight excluding hydrogens is 267 g/mol. The van der Waals surface area contributed by atoms with E-state index in [0.29, 0.717) is 6.42 Å². The maximum absolute atomic E-state index is 12.5. The van der Waals surface area contributed by atoms with Gasteiger partial charge in [-0.1, -0.05) is 13.3 Å². The number of carboxylic acids is 1. The molecule has 0 fully saturated rings. The zero-order valence-electron chi connectivity index (χ0n) is 9.22. The summed E-state index contributed by atoms with van der Waals surface area (Å²) in [6.07, 6.45) is -8.03. The van der Waals surface area contributed by atoms with E-state index in [1.54, 1.807) is 6.92 Å². The summed E-state index contributed by atoms with van der Waals surface area (Å²) < 4.78 is 63.9. The van der Waals surface area contributed by atoms with Crippen molar-refractivity contribution in [1.29, 1.82) is 0 Å². The van der Waals surface area contributed by atoms with E-state index >= 15 is 0 Å². The molecule has 0 heterocycles. The quantitative estimate of drug-likeness (QED) is 0.537. The lowest BCUT2D eigenvalue weighted by Crippen LogP contribution is -2.49. The van der Waals surface area contributed by atoms with Gasteiger partial charge in [-0.3, -0.25) is 0 Å². The summed E-state index contributed by atoms with van der Waals surface area (Å²) in [5, 5.41) is 10.4. The molecule has 0 N–H and O–H groups in total. The molecule has 0 saturated carbocycles. The van der Waals surface area contributed by atoms with Gasteiger partial charge in [0.15, 0.2) is 0 Å². The number of aliphatic carboxylic acids is 1. The van der Waals surface area contributed by atoms with Crippen molar-refractivity contribution in [3.05, 3.63) is 0 Å². The highest BCUT2D eigenvalue weighted by molar-refractivity contribution is 5.82. The summed E-state index contributed by atoms with van der Waals surface area (Å²) >= 11 is 0. The first-order valence-electron chi connectivity index (χ1n) is 4.90. The average Bonchev–Trinajstić information content (AvgIpc) is 2.21. The third-order valence-electron chi connectivity index (χ3n) is 1.94. The molecular formula is C9H10F5O4-. The van der Waals surface area contributed by atoms with Gasteiger partial charge in [0, 0.05) is 0 Å². The fraction of sp³-hybridized carbons (Fsp3) is 0.778. The molecule has 0 saturated heterocycles. The van der Waals surface area contributed by atoms with Crippen molar-refractivity contribution in [2.24, 2.45) is 0 Å². The van der Waals surface area contributed by atoms with Gasteiger partial charge >= 0.3 is 18.1 Å². The monoisotopic (exact) mass is 277 g/mol. The molecule has 0 aromatic carbocycles. The molecule has 0 aliphatic rings. The van der Waals surface area contributed by atoms with E-state index in [2.05, 4.69) is 4.74 Å². The normalized spacial score (nSPS) is 14.1. The molecule has 1 unspecified atom stereocenters. The van der Waals surface area contributed by atoms with Crippen LogP contribution in [0, 0.1) is 0 Å². The molecule has 18 heavy (non-hydrogen) atoms. The molecule has 0 rings (SSSR count). The Morgan fingerprint density at radius 1 is 1.22 bits per heavy atom. The van der Waals surface area contributed by atoms with Crippen LogP contribution in [0.25, 0.3) is 0 Å². The van der Waals surface area contributed by atoms with Crippen LogP contribution in [0.5, 0.6) is 0 Å². The van der Waals surface area contributed by atoms with E-state index < -0.39 is 36.6 Å². The van der Waals surface area contributed by atoms with Crippen molar-refractivity contribution in [2.75, 3.05) is 0 Å². The highest BCUT2D eigenvalue weighted by Crippen LogP contribution is 2.36. The van der Waals surface area contributed by atoms with Crippen molar-refractivity contribution >= 4 is 11.9 Å². The maximum Gasteiger partial charge on any atom is 0.465 e. The topological polar surface area (TPSA) is 66.4 Å². The van der Waals surface area contributed by atoms with Gasteiger partial charge in [0.1, 0.15) is 6.10 Å². The number of hydrogen-bond donors (Lipinski definition) is 0. The summed E-state index contributed by atoms with van der Waals surface area (Å²) in [4.78, 5) is 21.0. The second kappa shape index (κ2) is 5.96. The predicted molar refractivity (Wildman–Crippen MR) is 45.4 cm³/mol. The largest absolute Gasteiger partial charge is 0.546 e. The molecule has 0 amide bonds. The Balaban J connectivity index is 4.75. The molecule has 0 spiro atoms. The van der Waals surface area contributed by atoms with E-state index in [1.807, 2.05) is 0 Å². The number of alkyl halides is 5. The van der Waals surface area contributed by atoms with Gasteiger partial charge < -0.3 is 14.6 Å². The number of carboxylic acid groups (broad SMARTS) is 1. The molecule has 0 aliphatic heterocycles. The number of esters is 1. The van der Waals surface area contributed by atoms with Crippen LogP contribution in [0.3, 0.4) is 0 Å². The van der Waals surface area contributed by atoms with Gasteiger partial charge in [-0.05, 0) is 12.8 Å². The Morgan fingerprint density at radius 3 is 2.06 bits per heavy atom. The van der Waals surface area contributed by atoms with Crippen molar-refractivity contribution < 1.29 is 41.4 Å². The number of carbonyl (C=O) groups is 2. The van der Waals surface area contributed by atoms with Crippen LogP contribution in [0.4, 0.5) is 22.0 Å². The third-order valence-corrected chi connectivity index (χ3v) is 1.94. The lowest BCUT2D eigenvalue weighted by molar-refractivity contribution is -0.320. The number of carbonyl (C=O) groups excluding carboxylic acids is 2. The van der Waals surface area contributed by atoms with Crippen LogP contribution >= 0.6 is 0 Å². The zero-order valence-corrected chi connectivity index (χ0v) is 9.22. The minimum atomic E-state index is -6.13. The Hall–Kier alpha value is -1.41. The van der Waals surface area contributed by atoms with Gasteiger partial charge in [0.25, 0.3) is 0 Å². The average molecular weight is 277 g/mol. The number of ether oxygens (including phenoxy) is 1. The van der Waals surface area contributed by atoms with Gasteiger partial charge in [0.05, 0.1) is 5.97 Å². The number of hydrogen-bond acceptors (Lipinski definition) is 4. The Morgan fingerprint density at radius 2 is 1.72 bits per heavy atom. The van der Waals surface area contributed by atoms with Crippen LogP contribution in [-0.4, -0.2) is 30.1 Å². The van der Waals surface area contributed by atoms with Crippen LogP contribution in [0.15, 0.2) is 0 Å². The summed E-state index contributed by atoms with van der Waals surface area (Å²) in [5.74, 6) is -10.7. The predicted octanol–water partition coefficient (Wildman–Crippen LogP) is 1.04. The fourth-order valence-electron chi connectivity index (χ4n) is 0.933. The van der Waals surface area contributed by atoms with E-state index in [-0.39, 0.29) is 6.42 Å². The fourth-order valence-corrected chi connectivity index (χ4v) is 0.933. The Bertz CT molecular complexity index is 313. The van der Waals surface area contributed by atoms with Crippen molar-refractivity contribution in [3.8, 4) is 0 Å². The minimum Gasteiger partial charge on any atom is -0.546 e. The van der Waals surface area contributed by atoms with Gasteiger partial charge in [-0.2, -0.15) is 22.0 Å². The number of unbranched alkanes of at least 4 members (excludes halogenated alkanes) is 1. The second-order valence-electron chi connectivity index (χ2n) is 3.43. The van der Waals surface area contributed by atoms with Gasteiger partial charge in [-0.25, -0.2) is 4.79 Å². The molecule has 0 bridgehead atoms. The second-order valence-corrected chi connectivity index (χ2v) is 3.43. The molecule has 0 aromatic rings. The van der Waals surface area contributed by atoms with Crippen LogP contribution in [-0.2, 0) is 14.3 Å². The maximum atomic E-state index is 12.5. The van der Waals surface area contributed by atoms with Crippen molar-refractivity contribution in [2.45, 2.75) is 44.4 Å². The van der Waals surface area contributed by atoms with Crippen molar-refractivity contribution in [1.82, 2.24) is 0 Å². The first kappa shape index (κ1) is 16.6.